The van der Waals surface area contributed by atoms with Gasteiger partial charge in [0.2, 0.25) is 0 Å². The highest BCUT2D eigenvalue weighted by atomic mass is 16.3. The van der Waals surface area contributed by atoms with E-state index in [-0.39, 0.29) is 0 Å². The third-order valence-electron chi connectivity index (χ3n) is 2.52. The first kappa shape index (κ1) is 9.74. The van der Waals surface area contributed by atoms with E-state index in [2.05, 4.69) is 10.6 Å². The Kier molecular flexibility index (Phi) is 3.60. The Hall–Kier alpha value is -0.800. The van der Waals surface area contributed by atoms with E-state index in [0.717, 1.165) is 25.6 Å². The molecule has 0 unspecified atom stereocenters. The fraction of sp³-hybridized carbons (Fsp3) is 0.636. The maximum atomic E-state index is 4.98. The summed E-state index contributed by atoms with van der Waals surface area (Å²) >= 11 is 0. The van der Waals surface area contributed by atoms with Gasteiger partial charge in [-0.25, -0.2) is 0 Å². The molecule has 3 heteroatoms. The molecule has 1 saturated carbocycles. The van der Waals surface area contributed by atoms with Gasteiger partial charge < -0.3 is 15.1 Å². The Morgan fingerprint density at radius 2 is 2.14 bits per heavy atom. The highest BCUT2D eigenvalue weighted by Crippen LogP contribution is 2.27. The molecular formula is C11H18N2O. The highest BCUT2D eigenvalue weighted by molar-refractivity contribution is 5.04. The van der Waals surface area contributed by atoms with Crippen LogP contribution in [0.4, 0.5) is 0 Å². The van der Waals surface area contributed by atoms with E-state index in [4.69, 9.17) is 4.42 Å². The summed E-state index contributed by atoms with van der Waals surface area (Å²) in [4.78, 5) is 0. The second-order valence-corrected chi connectivity index (χ2v) is 3.96. The molecule has 2 N–H and O–H groups in total. The molecule has 3 nitrogen and oxygen atoms in total. The summed E-state index contributed by atoms with van der Waals surface area (Å²) in [6.07, 6.45) is 6.35. The van der Waals surface area contributed by atoms with Gasteiger partial charge in [0.25, 0.3) is 0 Å². The lowest BCUT2D eigenvalue weighted by molar-refractivity contribution is 0.556. The van der Waals surface area contributed by atoms with Crippen molar-refractivity contribution < 1.29 is 4.42 Å². The van der Waals surface area contributed by atoms with Crippen LogP contribution in [-0.2, 0) is 6.54 Å². The van der Waals surface area contributed by atoms with E-state index in [1.54, 1.807) is 12.5 Å². The van der Waals surface area contributed by atoms with Gasteiger partial charge in [0.1, 0.15) is 0 Å². The second-order valence-electron chi connectivity index (χ2n) is 3.96. The van der Waals surface area contributed by atoms with Gasteiger partial charge in [-0.15, -0.1) is 0 Å². The zero-order valence-corrected chi connectivity index (χ0v) is 8.46. The van der Waals surface area contributed by atoms with E-state index in [9.17, 15) is 0 Å². The van der Waals surface area contributed by atoms with Crippen LogP contribution in [-0.4, -0.2) is 19.6 Å². The Labute approximate surface area is 84.9 Å². The molecular weight excluding hydrogens is 176 g/mol. The van der Waals surface area contributed by atoms with Crippen LogP contribution in [0.5, 0.6) is 0 Å². The SMILES string of the molecule is c1cc(CNCCNCC2CC2)co1. The quantitative estimate of drug-likeness (QED) is 0.644. The van der Waals surface area contributed by atoms with E-state index < -0.39 is 0 Å². The molecule has 1 heterocycles. The third kappa shape index (κ3) is 3.52. The topological polar surface area (TPSA) is 37.2 Å². The predicted octanol–water partition coefficient (Wildman–Crippen LogP) is 1.37. The van der Waals surface area contributed by atoms with Crippen molar-refractivity contribution >= 4 is 0 Å². The van der Waals surface area contributed by atoms with Crippen LogP contribution >= 0.6 is 0 Å². The van der Waals surface area contributed by atoms with E-state index in [1.807, 2.05) is 6.07 Å². The predicted molar refractivity (Wildman–Crippen MR) is 56.0 cm³/mol. The lowest BCUT2D eigenvalue weighted by atomic mass is 10.3. The smallest absolute Gasteiger partial charge is 0.0947 e. The monoisotopic (exact) mass is 194 g/mol. The van der Waals surface area contributed by atoms with Crippen LogP contribution in [0.25, 0.3) is 0 Å². The van der Waals surface area contributed by atoms with E-state index >= 15 is 0 Å². The number of rotatable bonds is 7. The van der Waals surface area contributed by atoms with E-state index in [1.165, 1.54) is 24.9 Å². The lowest BCUT2D eigenvalue weighted by Crippen LogP contribution is -2.28. The Balaban J connectivity index is 1.43. The van der Waals surface area contributed by atoms with Crippen molar-refractivity contribution in [2.45, 2.75) is 19.4 Å². The molecule has 0 spiro atoms. The first-order chi connectivity index (χ1) is 6.95. The van der Waals surface area contributed by atoms with Gasteiger partial charge in [0.15, 0.2) is 0 Å². The molecule has 1 aromatic heterocycles. The summed E-state index contributed by atoms with van der Waals surface area (Å²) < 4.78 is 4.98. The van der Waals surface area contributed by atoms with Crippen LogP contribution in [0.2, 0.25) is 0 Å². The van der Waals surface area contributed by atoms with Crippen molar-refractivity contribution in [3.8, 4) is 0 Å². The second kappa shape index (κ2) is 5.17. The van der Waals surface area contributed by atoms with Gasteiger partial charge in [0, 0.05) is 25.2 Å². The molecule has 1 aliphatic carbocycles. The van der Waals surface area contributed by atoms with Gasteiger partial charge in [0.05, 0.1) is 12.5 Å². The minimum Gasteiger partial charge on any atom is -0.472 e. The Bertz CT molecular complexity index is 242. The third-order valence-corrected chi connectivity index (χ3v) is 2.52. The highest BCUT2D eigenvalue weighted by Gasteiger charge is 2.19. The van der Waals surface area contributed by atoms with Crippen molar-refractivity contribution in [3.63, 3.8) is 0 Å². The van der Waals surface area contributed by atoms with Crippen LogP contribution in [0.15, 0.2) is 23.0 Å². The summed E-state index contributed by atoms with van der Waals surface area (Å²) in [6.45, 7) is 4.20. The van der Waals surface area contributed by atoms with Crippen LogP contribution < -0.4 is 10.6 Å². The molecule has 0 aromatic carbocycles. The maximum absolute atomic E-state index is 4.98. The fourth-order valence-electron chi connectivity index (χ4n) is 1.43. The van der Waals surface area contributed by atoms with Gasteiger partial charge >= 0.3 is 0 Å². The van der Waals surface area contributed by atoms with Gasteiger partial charge in [-0.2, -0.15) is 0 Å². The average molecular weight is 194 g/mol. The van der Waals surface area contributed by atoms with Gasteiger partial charge in [-0.05, 0) is 31.4 Å². The molecule has 0 aliphatic heterocycles. The van der Waals surface area contributed by atoms with Crippen molar-refractivity contribution in [2.75, 3.05) is 19.6 Å². The molecule has 1 aliphatic rings. The van der Waals surface area contributed by atoms with Crippen molar-refractivity contribution in [2.24, 2.45) is 5.92 Å². The van der Waals surface area contributed by atoms with Crippen LogP contribution in [0.1, 0.15) is 18.4 Å². The fourth-order valence-corrected chi connectivity index (χ4v) is 1.43. The molecule has 1 fully saturated rings. The first-order valence-corrected chi connectivity index (χ1v) is 5.37. The number of furan rings is 1. The van der Waals surface area contributed by atoms with Crippen LogP contribution in [0, 0.1) is 5.92 Å². The maximum Gasteiger partial charge on any atom is 0.0947 e. The zero-order chi connectivity index (χ0) is 9.64. The Morgan fingerprint density at radius 3 is 2.86 bits per heavy atom. The summed E-state index contributed by atoms with van der Waals surface area (Å²) in [7, 11) is 0. The molecule has 1 aromatic rings. The summed E-state index contributed by atoms with van der Waals surface area (Å²) in [5, 5.41) is 6.80. The minimum absolute atomic E-state index is 0.904. The largest absolute Gasteiger partial charge is 0.472 e. The van der Waals surface area contributed by atoms with Crippen molar-refractivity contribution in [3.05, 3.63) is 24.2 Å². The summed E-state index contributed by atoms with van der Waals surface area (Å²) in [6, 6.07) is 1.99. The molecule has 0 bridgehead atoms. The summed E-state index contributed by atoms with van der Waals surface area (Å²) in [5.41, 5.74) is 1.21. The number of nitrogens with one attached hydrogen (secondary N) is 2. The molecule has 78 valence electrons. The van der Waals surface area contributed by atoms with Crippen molar-refractivity contribution in [1.82, 2.24) is 10.6 Å². The Morgan fingerprint density at radius 1 is 1.29 bits per heavy atom. The van der Waals surface area contributed by atoms with E-state index in [0.29, 0.717) is 0 Å². The van der Waals surface area contributed by atoms with Gasteiger partial charge in [-0.1, -0.05) is 0 Å². The molecule has 0 atom stereocenters. The lowest BCUT2D eigenvalue weighted by Gasteiger charge is -2.04. The molecule has 0 radical (unpaired) electrons. The first-order valence-electron chi connectivity index (χ1n) is 5.37. The van der Waals surface area contributed by atoms with Crippen LogP contribution in [0.3, 0.4) is 0 Å². The normalized spacial score (nSPS) is 16.0. The molecule has 2 rings (SSSR count). The molecule has 14 heavy (non-hydrogen) atoms. The standard InChI is InChI=1S/C11H18N2O/c1-2-10(1)7-12-4-5-13-8-11-3-6-14-9-11/h3,6,9-10,12-13H,1-2,4-5,7-8H2. The number of hydrogen-bond donors (Lipinski definition) is 2. The van der Waals surface area contributed by atoms with Crippen molar-refractivity contribution in [1.29, 1.82) is 0 Å². The zero-order valence-electron chi connectivity index (χ0n) is 8.46. The number of hydrogen-bond acceptors (Lipinski definition) is 3. The average Bonchev–Trinajstić information content (AvgIpc) is 2.87. The summed E-state index contributed by atoms with van der Waals surface area (Å²) in [5.74, 6) is 0.976. The molecule has 0 saturated heterocycles. The van der Waals surface area contributed by atoms with Gasteiger partial charge in [-0.3, -0.25) is 0 Å². The molecule has 0 amide bonds. The minimum atomic E-state index is 0.904.